The Morgan fingerprint density at radius 1 is 1.43 bits per heavy atom. The zero-order valence-corrected chi connectivity index (χ0v) is 13.1. The van der Waals surface area contributed by atoms with Gasteiger partial charge < -0.3 is 9.80 Å². The average Bonchev–Trinajstić information content (AvgIpc) is 2.42. The van der Waals surface area contributed by atoms with Crippen molar-refractivity contribution in [3.8, 4) is 0 Å². The molecule has 0 aliphatic carbocycles. The molecule has 0 fully saturated rings. The number of nitrogens with zero attached hydrogens (tertiary/aromatic N) is 4. The molecule has 0 atom stereocenters. The first-order valence-electron chi connectivity index (χ1n) is 6.60. The molecule has 0 saturated carbocycles. The largest absolute Gasteiger partial charge is 0.339 e. The zero-order chi connectivity index (χ0) is 16.0. The molecule has 1 rings (SSSR count). The summed E-state index contributed by atoms with van der Waals surface area (Å²) in [5.41, 5.74) is -0.345. The van der Waals surface area contributed by atoms with Crippen molar-refractivity contribution in [2.75, 3.05) is 33.7 Å². The number of carbonyl (C=O) groups excluding carboxylic acids is 1. The van der Waals surface area contributed by atoms with E-state index in [-0.39, 0.29) is 16.4 Å². The summed E-state index contributed by atoms with van der Waals surface area (Å²) in [5.74, 6) is -0.396. The number of rotatable bonds is 7. The number of pyridine rings is 1. The number of hydrogen-bond donors (Lipinski definition) is 0. The van der Waals surface area contributed by atoms with Crippen molar-refractivity contribution in [1.29, 1.82) is 0 Å². The van der Waals surface area contributed by atoms with Gasteiger partial charge in [0.05, 0.1) is 4.92 Å². The van der Waals surface area contributed by atoms with E-state index < -0.39 is 10.8 Å². The number of carbonyl (C=O) groups is 1. The fourth-order valence-corrected chi connectivity index (χ4v) is 2.05. The summed E-state index contributed by atoms with van der Waals surface area (Å²) in [6.45, 7) is 3.68. The molecule has 21 heavy (non-hydrogen) atoms. The number of nitro groups is 1. The minimum Gasteiger partial charge on any atom is -0.339 e. The Kier molecular flexibility index (Phi) is 6.51. The molecule has 8 heteroatoms. The third-order valence-electron chi connectivity index (χ3n) is 2.98. The van der Waals surface area contributed by atoms with Gasteiger partial charge in [0.25, 0.3) is 11.6 Å². The quantitative estimate of drug-likeness (QED) is 0.437. The van der Waals surface area contributed by atoms with E-state index in [1.807, 2.05) is 25.9 Å². The lowest BCUT2D eigenvalue weighted by molar-refractivity contribution is -0.385. The van der Waals surface area contributed by atoms with Crippen molar-refractivity contribution in [2.24, 2.45) is 0 Å². The second-order valence-corrected chi connectivity index (χ2v) is 5.21. The number of amides is 1. The normalized spacial score (nSPS) is 10.7. The minimum absolute atomic E-state index is 0.0216. The number of aromatic nitrogens is 1. The molecule has 1 aromatic heterocycles. The van der Waals surface area contributed by atoms with Gasteiger partial charge in [-0.1, -0.05) is 11.6 Å². The molecule has 1 amide bonds. The zero-order valence-electron chi connectivity index (χ0n) is 12.4. The van der Waals surface area contributed by atoms with E-state index >= 15 is 0 Å². The van der Waals surface area contributed by atoms with Crippen LogP contribution in [-0.2, 0) is 0 Å². The van der Waals surface area contributed by atoms with Crippen LogP contribution in [0.3, 0.4) is 0 Å². The van der Waals surface area contributed by atoms with Crippen molar-refractivity contribution in [3.63, 3.8) is 0 Å². The van der Waals surface area contributed by atoms with E-state index in [9.17, 15) is 14.9 Å². The van der Waals surface area contributed by atoms with E-state index in [4.69, 9.17) is 11.6 Å². The van der Waals surface area contributed by atoms with Crippen molar-refractivity contribution < 1.29 is 9.72 Å². The van der Waals surface area contributed by atoms with Crippen LogP contribution in [0.5, 0.6) is 0 Å². The summed E-state index contributed by atoms with van der Waals surface area (Å²) >= 11 is 5.75. The Bertz CT molecular complexity index is 522. The molecule has 0 aliphatic heterocycles. The van der Waals surface area contributed by atoms with E-state index in [1.165, 1.54) is 6.07 Å². The molecule has 1 aromatic rings. The molecular formula is C13H19ClN4O3. The molecular weight excluding hydrogens is 296 g/mol. The lowest BCUT2D eigenvalue weighted by Gasteiger charge is -2.21. The van der Waals surface area contributed by atoms with Gasteiger partial charge in [0, 0.05) is 13.1 Å². The summed E-state index contributed by atoms with van der Waals surface area (Å²) in [5, 5.41) is 11.1. The molecule has 1 heterocycles. The van der Waals surface area contributed by atoms with Crippen LogP contribution in [0.2, 0.25) is 5.15 Å². The fourth-order valence-electron chi connectivity index (χ4n) is 1.89. The summed E-state index contributed by atoms with van der Waals surface area (Å²) in [6.07, 6.45) is 1.81. The second kappa shape index (κ2) is 7.90. The molecule has 0 aliphatic rings. The lowest BCUT2D eigenvalue weighted by atomic mass is 10.2. The predicted octanol–water partition coefficient (Wildman–Crippen LogP) is 2.06. The maximum Gasteiger partial charge on any atom is 0.300 e. The number of halogens is 1. The maximum atomic E-state index is 12.5. The molecule has 0 aromatic carbocycles. The van der Waals surface area contributed by atoms with Crippen molar-refractivity contribution in [3.05, 3.63) is 33.1 Å². The van der Waals surface area contributed by atoms with Crippen LogP contribution in [0, 0.1) is 10.1 Å². The van der Waals surface area contributed by atoms with Gasteiger partial charge in [0.15, 0.2) is 0 Å². The predicted molar refractivity (Wildman–Crippen MR) is 80.6 cm³/mol. The highest BCUT2D eigenvalue weighted by Gasteiger charge is 2.24. The van der Waals surface area contributed by atoms with Gasteiger partial charge >= 0.3 is 0 Å². The van der Waals surface area contributed by atoms with Gasteiger partial charge in [0.1, 0.15) is 16.9 Å². The highest BCUT2D eigenvalue weighted by Crippen LogP contribution is 2.22. The van der Waals surface area contributed by atoms with Crippen LogP contribution in [0.15, 0.2) is 12.3 Å². The highest BCUT2D eigenvalue weighted by atomic mass is 35.5. The highest BCUT2D eigenvalue weighted by molar-refractivity contribution is 6.29. The molecule has 7 nitrogen and oxygen atoms in total. The van der Waals surface area contributed by atoms with Crippen molar-refractivity contribution in [2.45, 2.75) is 13.3 Å². The Hall–Kier alpha value is -1.73. The van der Waals surface area contributed by atoms with Crippen molar-refractivity contribution in [1.82, 2.24) is 14.8 Å². The Morgan fingerprint density at radius 3 is 2.62 bits per heavy atom. The van der Waals surface area contributed by atoms with Gasteiger partial charge in [-0.3, -0.25) is 14.9 Å². The van der Waals surface area contributed by atoms with Gasteiger partial charge in [0.2, 0.25) is 0 Å². The van der Waals surface area contributed by atoms with Crippen LogP contribution < -0.4 is 0 Å². The molecule has 0 saturated heterocycles. The van der Waals surface area contributed by atoms with E-state index in [0.29, 0.717) is 13.1 Å². The van der Waals surface area contributed by atoms with Crippen LogP contribution in [0.1, 0.15) is 23.7 Å². The number of hydrogen-bond acceptors (Lipinski definition) is 5. The summed E-state index contributed by atoms with van der Waals surface area (Å²) in [7, 11) is 3.90. The topological polar surface area (TPSA) is 79.6 Å². The SMILES string of the molecule is CCN(CCCN(C)C)C(=O)c1cc(Cl)ncc1[N+](=O)[O-]. The summed E-state index contributed by atoms with van der Waals surface area (Å²) in [4.78, 5) is 30.1. The Balaban J connectivity index is 2.94. The van der Waals surface area contributed by atoms with Gasteiger partial charge in [-0.05, 0) is 40.1 Å². The molecule has 0 bridgehead atoms. The first-order chi connectivity index (χ1) is 9.86. The monoisotopic (exact) mass is 314 g/mol. The third kappa shape index (κ3) is 4.95. The molecule has 0 N–H and O–H groups in total. The maximum absolute atomic E-state index is 12.5. The van der Waals surface area contributed by atoms with Crippen LogP contribution in [0.25, 0.3) is 0 Å². The van der Waals surface area contributed by atoms with E-state index in [2.05, 4.69) is 4.98 Å². The first-order valence-corrected chi connectivity index (χ1v) is 6.98. The molecule has 0 radical (unpaired) electrons. The minimum atomic E-state index is -0.621. The van der Waals surface area contributed by atoms with Gasteiger partial charge in [-0.25, -0.2) is 4.98 Å². The standard InChI is InChI=1S/C13H19ClN4O3/c1-4-17(7-5-6-16(2)3)13(19)10-8-12(14)15-9-11(10)18(20)21/h8-9H,4-7H2,1-3H3. The van der Waals surface area contributed by atoms with Crippen LogP contribution in [-0.4, -0.2) is 59.3 Å². The summed E-state index contributed by atoms with van der Waals surface area (Å²) < 4.78 is 0. The second-order valence-electron chi connectivity index (χ2n) is 4.82. The average molecular weight is 315 g/mol. The summed E-state index contributed by atoms with van der Waals surface area (Å²) in [6, 6.07) is 1.25. The fraction of sp³-hybridized carbons (Fsp3) is 0.538. The first kappa shape index (κ1) is 17.3. The van der Waals surface area contributed by atoms with Crippen LogP contribution in [0.4, 0.5) is 5.69 Å². The van der Waals surface area contributed by atoms with Gasteiger partial charge in [-0.15, -0.1) is 0 Å². The Labute approximate surface area is 128 Å². The molecule has 0 unspecified atom stereocenters. The lowest BCUT2D eigenvalue weighted by Crippen LogP contribution is -2.33. The van der Waals surface area contributed by atoms with Gasteiger partial charge in [-0.2, -0.15) is 0 Å². The molecule has 116 valence electrons. The smallest absolute Gasteiger partial charge is 0.300 e. The van der Waals surface area contributed by atoms with Crippen LogP contribution >= 0.6 is 11.6 Å². The van der Waals surface area contributed by atoms with E-state index in [0.717, 1.165) is 19.2 Å². The van der Waals surface area contributed by atoms with Crippen molar-refractivity contribution >= 4 is 23.2 Å². The molecule has 0 spiro atoms. The third-order valence-corrected chi connectivity index (χ3v) is 3.19. The Morgan fingerprint density at radius 2 is 2.10 bits per heavy atom. The van der Waals surface area contributed by atoms with E-state index in [1.54, 1.807) is 4.90 Å².